The Balaban J connectivity index is 1.94. The lowest BCUT2D eigenvalue weighted by Gasteiger charge is -2.15. The number of allylic oxidation sites excluding steroid dienone is 2. The maximum Gasteiger partial charge on any atom is 0.0621 e. The molecule has 0 aromatic heterocycles. The molecule has 2 N–H and O–H groups in total. The zero-order valence-corrected chi connectivity index (χ0v) is 12.8. The molecular formula is C20H21NO. The molecule has 112 valence electrons. The van der Waals surface area contributed by atoms with Crippen molar-refractivity contribution < 1.29 is 5.11 Å². The van der Waals surface area contributed by atoms with Crippen LogP contribution in [0.4, 0.5) is 0 Å². The van der Waals surface area contributed by atoms with Crippen LogP contribution in [0.3, 0.4) is 0 Å². The van der Waals surface area contributed by atoms with Crippen LogP contribution in [0, 0.1) is 11.8 Å². The topological polar surface area (TPSA) is 32.3 Å². The first-order chi connectivity index (χ1) is 10.8. The maximum atomic E-state index is 8.57. The Morgan fingerprint density at radius 1 is 1.05 bits per heavy atom. The lowest BCUT2D eigenvalue weighted by molar-refractivity contribution is 0.343. The monoisotopic (exact) mass is 291 g/mol. The van der Waals surface area contributed by atoms with Crippen LogP contribution in [-0.2, 0) is 0 Å². The summed E-state index contributed by atoms with van der Waals surface area (Å²) >= 11 is 0. The molecule has 0 heterocycles. The molecular weight excluding hydrogens is 270 g/mol. The number of hydrogen-bond donors (Lipinski definition) is 2. The predicted molar refractivity (Wildman–Crippen MR) is 93.5 cm³/mol. The number of benzene rings is 2. The van der Waals surface area contributed by atoms with Gasteiger partial charge in [0.15, 0.2) is 0 Å². The molecule has 1 atom stereocenters. The van der Waals surface area contributed by atoms with Crippen LogP contribution in [0.25, 0.3) is 10.8 Å². The fourth-order valence-electron chi connectivity index (χ4n) is 2.31. The molecule has 0 aliphatic rings. The minimum Gasteiger partial charge on any atom is -0.392 e. The highest BCUT2D eigenvalue weighted by Crippen LogP contribution is 2.23. The summed E-state index contributed by atoms with van der Waals surface area (Å²) in [5.41, 5.74) is 1.31. The molecule has 0 saturated heterocycles. The first-order valence-corrected chi connectivity index (χ1v) is 7.46. The molecule has 1 unspecified atom stereocenters. The van der Waals surface area contributed by atoms with Gasteiger partial charge in [-0.3, -0.25) is 0 Å². The summed E-state index contributed by atoms with van der Waals surface area (Å²) in [5, 5.41) is 14.6. The Morgan fingerprint density at radius 2 is 1.77 bits per heavy atom. The first-order valence-electron chi connectivity index (χ1n) is 7.46. The normalized spacial score (nSPS) is 12.6. The Bertz CT molecular complexity index is 714. The summed E-state index contributed by atoms with van der Waals surface area (Å²) in [6.45, 7) is 2.97. The number of hydrogen-bond acceptors (Lipinski definition) is 2. The second-order valence-electron chi connectivity index (χ2n) is 4.97. The molecule has 0 radical (unpaired) electrons. The largest absolute Gasteiger partial charge is 0.392 e. The van der Waals surface area contributed by atoms with E-state index >= 15 is 0 Å². The molecule has 0 aliphatic heterocycles. The lowest BCUT2D eigenvalue weighted by Crippen LogP contribution is -2.18. The molecule has 2 nitrogen and oxygen atoms in total. The Labute approximate surface area is 132 Å². The van der Waals surface area contributed by atoms with Gasteiger partial charge in [-0.05, 0) is 35.4 Å². The van der Waals surface area contributed by atoms with Crippen molar-refractivity contribution in [2.45, 2.75) is 13.0 Å². The smallest absolute Gasteiger partial charge is 0.0621 e. The van der Waals surface area contributed by atoms with Gasteiger partial charge in [-0.15, -0.1) is 0 Å². The van der Waals surface area contributed by atoms with E-state index in [1.165, 1.54) is 16.3 Å². The van der Waals surface area contributed by atoms with E-state index in [2.05, 4.69) is 66.5 Å². The zero-order chi connectivity index (χ0) is 15.6. The molecule has 0 aliphatic carbocycles. The SMILES string of the molecule is CC(NC/C=C/C#C/C=C/CO)c1cccc2ccccc12. The molecule has 0 fully saturated rings. The van der Waals surface area contributed by atoms with Crippen molar-refractivity contribution in [2.75, 3.05) is 13.2 Å². The molecule has 0 saturated carbocycles. The van der Waals surface area contributed by atoms with E-state index in [-0.39, 0.29) is 12.6 Å². The van der Waals surface area contributed by atoms with E-state index in [0.29, 0.717) is 0 Å². The molecule has 0 spiro atoms. The van der Waals surface area contributed by atoms with Crippen molar-refractivity contribution in [3.8, 4) is 11.8 Å². The van der Waals surface area contributed by atoms with Gasteiger partial charge >= 0.3 is 0 Å². The van der Waals surface area contributed by atoms with Crippen LogP contribution in [0.2, 0.25) is 0 Å². The van der Waals surface area contributed by atoms with Gasteiger partial charge in [0.05, 0.1) is 6.61 Å². The van der Waals surface area contributed by atoms with Gasteiger partial charge < -0.3 is 10.4 Å². The van der Waals surface area contributed by atoms with Gasteiger partial charge in [0.2, 0.25) is 0 Å². The van der Waals surface area contributed by atoms with Crippen molar-refractivity contribution in [3.05, 3.63) is 72.3 Å². The second kappa shape index (κ2) is 8.84. The Kier molecular flexibility index (Phi) is 6.44. The van der Waals surface area contributed by atoms with E-state index in [9.17, 15) is 0 Å². The first kappa shape index (κ1) is 16.0. The van der Waals surface area contributed by atoms with E-state index in [1.807, 2.05) is 12.2 Å². The van der Waals surface area contributed by atoms with Crippen LogP contribution in [0.5, 0.6) is 0 Å². The predicted octanol–water partition coefficient (Wildman–Crippen LogP) is 3.60. The molecule has 2 heteroatoms. The number of aliphatic hydroxyl groups is 1. The van der Waals surface area contributed by atoms with E-state index in [1.54, 1.807) is 12.2 Å². The van der Waals surface area contributed by atoms with Gasteiger partial charge in [0, 0.05) is 12.6 Å². The summed E-state index contributed by atoms with van der Waals surface area (Å²) in [6.07, 6.45) is 7.09. The number of rotatable bonds is 5. The number of nitrogens with one attached hydrogen (secondary N) is 1. The van der Waals surface area contributed by atoms with Gasteiger partial charge in [-0.1, -0.05) is 66.5 Å². The third-order valence-corrected chi connectivity index (χ3v) is 3.42. The van der Waals surface area contributed by atoms with Gasteiger partial charge in [0.25, 0.3) is 0 Å². The summed E-state index contributed by atoms with van der Waals surface area (Å²) in [7, 11) is 0. The van der Waals surface area contributed by atoms with Gasteiger partial charge in [-0.2, -0.15) is 0 Å². The third-order valence-electron chi connectivity index (χ3n) is 3.42. The summed E-state index contributed by atoms with van der Waals surface area (Å²) in [5.74, 6) is 5.72. The lowest BCUT2D eigenvalue weighted by atomic mass is 10.00. The van der Waals surface area contributed by atoms with E-state index in [4.69, 9.17) is 5.11 Å². The van der Waals surface area contributed by atoms with Gasteiger partial charge in [0.1, 0.15) is 0 Å². The molecule has 2 aromatic rings. The van der Waals surface area contributed by atoms with Gasteiger partial charge in [-0.25, -0.2) is 0 Å². The minimum absolute atomic E-state index is 0.0303. The summed E-state index contributed by atoms with van der Waals surface area (Å²) in [6, 6.07) is 15.1. The van der Waals surface area contributed by atoms with Crippen molar-refractivity contribution in [2.24, 2.45) is 0 Å². The fourth-order valence-corrected chi connectivity index (χ4v) is 2.31. The summed E-state index contributed by atoms with van der Waals surface area (Å²) in [4.78, 5) is 0. The van der Waals surface area contributed by atoms with Crippen molar-refractivity contribution >= 4 is 10.8 Å². The van der Waals surface area contributed by atoms with Crippen molar-refractivity contribution in [1.29, 1.82) is 0 Å². The van der Waals surface area contributed by atoms with Crippen molar-refractivity contribution in [1.82, 2.24) is 5.32 Å². The van der Waals surface area contributed by atoms with Crippen molar-refractivity contribution in [3.63, 3.8) is 0 Å². The quantitative estimate of drug-likeness (QED) is 0.825. The van der Waals surface area contributed by atoms with Crippen LogP contribution in [0.15, 0.2) is 66.8 Å². The second-order valence-corrected chi connectivity index (χ2v) is 4.97. The highest BCUT2D eigenvalue weighted by Gasteiger charge is 2.07. The molecule has 0 amide bonds. The van der Waals surface area contributed by atoms with Crippen LogP contribution in [0.1, 0.15) is 18.5 Å². The van der Waals surface area contributed by atoms with Crippen LogP contribution < -0.4 is 5.32 Å². The third kappa shape index (κ3) is 4.60. The highest BCUT2D eigenvalue weighted by molar-refractivity contribution is 5.86. The van der Waals surface area contributed by atoms with Crippen LogP contribution in [-0.4, -0.2) is 18.3 Å². The Hall–Kier alpha value is -2.34. The van der Waals surface area contributed by atoms with E-state index in [0.717, 1.165) is 6.54 Å². The number of aliphatic hydroxyl groups excluding tert-OH is 1. The average Bonchev–Trinajstić information content (AvgIpc) is 2.56. The fraction of sp³-hybridized carbons (Fsp3) is 0.200. The molecule has 22 heavy (non-hydrogen) atoms. The average molecular weight is 291 g/mol. The molecule has 2 rings (SSSR count). The maximum absolute atomic E-state index is 8.57. The van der Waals surface area contributed by atoms with E-state index < -0.39 is 0 Å². The number of fused-ring (bicyclic) bond motifs is 1. The Morgan fingerprint density at radius 3 is 2.59 bits per heavy atom. The highest BCUT2D eigenvalue weighted by atomic mass is 16.2. The molecule has 0 bridgehead atoms. The zero-order valence-electron chi connectivity index (χ0n) is 12.8. The minimum atomic E-state index is 0.0303. The standard InChI is InChI=1S/C20H21NO/c1-17(21-15-8-4-2-3-5-9-16-22)19-14-10-12-18-11-6-7-13-20(18)19/h4-14,17,21-22H,15-16H2,1H3/b8-4+,9-5+. The molecule has 2 aromatic carbocycles. The summed E-state index contributed by atoms with van der Waals surface area (Å²) < 4.78 is 0. The van der Waals surface area contributed by atoms with Crippen LogP contribution >= 0.6 is 0 Å².